The zero-order chi connectivity index (χ0) is 14.1. The van der Waals surface area contributed by atoms with E-state index in [2.05, 4.69) is 5.32 Å². The minimum absolute atomic E-state index is 0.152. The summed E-state index contributed by atoms with van der Waals surface area (Å²) < 4.78 is 37.7. The molecule has 1 aromatic carbocycles. The minimum atomic E-state index is -4.41. The van der Waals surface area contributed by atoms with Crippen molar-refractivity contribution in [3.63, 3.8) is 0 Å². The Morgan fingerprint density at radius 2 is 2.05 bits per heavy atom. The van der Waals surface area contributed by atoms with Gasteiger partial charge in [-0.15, -0.1) is 0 Å². The second-order valence-electron chi connectivity index (χ2n) is 4.87. The average Bonchev–Trinajstić information content (AvgIpc) is 2.27. The fourth-order valence-electron chi connectivity index (χ4n) is 2.16. The minimum Gasteiger partial charge on any atom is -0.329 e. The number of benzene rings is 1. The molecule has 0 saturated heterocycles. The van der Waals surface area contributed by atoms with Gasteiger partial charge < -0.3 is 11.1 Å². The number of hydrogen-bond acceptors (Lipinski definition) is 2. The number of hydrogen-bond donors (Lipinski definition) is 2. The van der Waals surface area contributed by atoms with Crippen molar-refractivity contribution in [1.29, 1.82) is 0 Å². The molecular weight excluding hydrogens is 257 g/mol. The summed E-state index contributed by atoms with van der Waals surface area (Å²) in [5.41, 5.74) is 4.35. The van der Waals surface area contributed by atoms with E-state index in [0.29, 0.717) is 12.8 Å². The first-order valence-corrected chi connectivity index (χ1v) is 6.06. The van der Waals surface area contributed by atoms with Gasteiger partial charge in [-0.3, -0.25) is 4.79 Å². The van der Waals surface area contributed by atoms with Crippen LogP contribution in [0, 0.1) is 5.41 Å². The summed E-state index contributed by atoms with van der Waals surface area (Å²) in [6.07, 6.45) is -2.11. The molecule has 2 rings (SSSR count). The van der Waals surface area contributed by atoms with E-state index in [-0.39, 0.29) is 18.1 Å². The van der Waals surface area contributed by atoms with Gasteiger partial charge in [-0.1, -0.05) is 12.5 Å². The lowest BCUT2D eigenvalue weighted by molar-refractivity contribution is -0.137. The zero-order valence-electron chi connectivity index (χ0n) is 10.3. The van der Waals surface area contributed by atoms with Crippen LogP contribution in [0.3, 0.4) is 0 Å². The standard InChI is InChI=1S/C13H15F3N2O/c14-13(15,16)9-3-1-4-10(7-9)18-11(19)12(8-17)5-2-6-12/h1,3-4,7H,2,5-6,8,17H2,(H,18,19). The van der Waals surface area contributed by atoms with Gasteiger partial charge in [0.1, 0.15) is 0 Å². The first-order valence-electron chi connectivity index (χ1n) is 6.06. The molecule has 3 N–H and O–H groups in total. The molecule has 0 aromatic heterocycles. The van der Waals surface area contributed by atoms with Gasteiger partial charge >= 0.3 is 6.18 Å². The molecule has 0 bridgehead atoms. The summed E-state index contributed by atoms with van der Waals surface area (Å²) in [4.78, 5) is 12.0. The number of rotatable bonds is 3. The quantitative estimate of drug-likeness (QED) is 0.889. The Kier molecular flexibility index (Phi) is 3.54. The third kappa shape index (κ3) is 2.73. The Hall–Kier alpha value is -1.56. The number of carbonyl (C=O) groups is 1. The number of alkyl halides is 3. The lowest BCUT2D eigenvalue weighted by Crippen LogP contribution is -2.47. The van der Waals surface area contributed by atoms with Gasteiger partial charge in [0.15, 0.2) is 0 Å². The molecule has 0 unspecified atom stereocenters. The maximum Gasteiger partial charge on any atom is 0.416 e. The molecule has 1 aromatic rings. The molecule has 0 radical (unpaired) electrons. The molecular formula is C13H15F3N2O. The van der Waals surface area contributed by atoms with Gasteiger partial charge in [0.25, 0.3) is 0 Å². The first-order chi connectivity index (χ1) is 8.87. The van der Waals surface area contributed by atoms with Crippen LogP contribution in [0.1, 0.15) is 24.8 Å². The van der Waals surface area contributed by atoms with Crippen molar-refractivity contribution in [3.05, 3.63) is 29.8 Å². The Bertz CT molecular complexity index is 476. The van der Waals surface area contributed by atoms with Crippen molar-refractivity contribution >= 4 is 11.6 Å². The summed E-state index contributed by atoms with van der Waals surface area (Å²) >= 11 is 0. The number of halogens is 3. The van der Waals surface area contributed by atoms with Crippen LogP contribution in [-0.4, -0.2) is 12.5 Å². The smallest absolute Gasteiger partial charge is 0.329 e. The van der Waals surface area contributed by atoms with E-state index in [4.69, 9.17) is 5.73 Å². The Morgan fingerprint density at radius 3 is 2.53 bits per heavy atom. The Morgan fingerprint density at radius 1 is 1.37 bits per heavy atom. The molecule has 1 amide bonds. The van der Waals surface area contributed by atoms with E-state index in [0.717, 1.165) is 18.6 Å². The molecule has 1 saturated carbocycles. The highest BCUT2D eigenvalue weighted by molar-refractivity contribution is 5.96. The molecule has 19 heavy (non-hydrogen) atoms. The van der Waals surface area contributed by atoms with Gasteiger partial charge in [-0.05, 0) is 31.0 Å². The maximum absolute atomic E-state index is 12.6. The van der Waals surface area contributed by atoms with E-state index in [1.54, 1.807) is 0 Å². The molecule has 3 nitrogen and oxygen atoms in total. The van der Waals surface area contributed by atoms with Crippen molar-refractivity contribution in [2.45, 2.75) is 25.4 Å². The highest BCUT2D eigenvalue weighted by atomic mass is 19.4. The van der Waals surface area contributed by atoms with Gasteiger partial charge in [0.05, 0.1) is 11.0 Å². The molecule has 0 spiro atoms. The van der Waals surface area contributed by atoms with Crippen molar-refractivity contribution < 1.29 is 18.0 Å². The fraction of sp³-hybridized carbons (Fsp3) is 0.462. The molecule has 6 heteroatoms. The van der Waals surface area contributed by atoms with Crippen LogP contribution >= 0.6 is 0 Å². The number of anilines is 1. The predicted octanol–water partition coefficient (Wildman–Crippen LogP) is 2.77. The molecule has 0 atom stereocenters. The fourth-order valence-corrected chi connectivity index (χ4v) is 2.16. The summed E-state index contributed by atoms with van der Waals surface area (Å²) in [7, 11) is 0. The van der Waals surface area contributed by atoms with E-state index in [9.17, 15) is 18.0 Å². The molecule has 1 aliphatic rings. The van der Waals surface area contributed by atoms with Crippen LogP contribution in [0.15, 0.2) is 24.3 Å². The van der Waals surface area contributed by atoms with Crippen molar-refractivity contribution in [2.24, 2.45) is 11.1 Å². The lowest BCUT2D eigenvalue weighted by atomic mass is 9.68. The lowest BCUT2D eigenvalue weighted by Gasteiger charge is -2.39. The summed E-state index contributed by atoms with van der Waals surface area (Å²) in [5, 5.41) is 2.53. The Labute approximate surface area is 109 Å². The Balaban J connectivity index is 2.13. The second-order valence-corrected chi connectivity index (χ2v) is 4.87. The zero-order valence-corrected chi connectivity index (χ0v) is 10.3. The molecule has 0 heterocycles. The summed E-state index contributed by atoms with van der Waals surface area (Å²) in [6, 6.07) is 4.61. The topological polar surface area (TPSA) is 55.1 Å². The number of nitrogens with one attached hydrogen (secondary N) is 1. The number of carbonyl (C=O) groups excluding carboxylic acids is 1. The first kappa shape index (κ1) is 13.9. The molecule has 104 valence electrons. The number of nitrogens with two attached hydrogens (primary N) is 1. The van der Waals surface area contributed by atoms with Crippen LogP contribution in [0.2, 0.25) is 0 Å². The van der Waals surface area contributed by atoms with Gasteiger partial charge in [-0.2, -0.15) is 13.2 Å². The second kappa shape index (κ2) is 4.85. The van der Waals surface area contributed by atoms with Crippen LogP contribution in [0.4, 0.5) is 18.9 Å². The van der Waals surface area contributed by atoms with Gasteiger partial charge in [-0.25, -0.2) is 0 Å². The third-order valence-corrected chi connectivity index (χ3v) is 3.63. The van der Waals surface area contributed by atoms with E-state index in [1.165, 1.54) is 12.1 Å². The molecule has 1 fully saturated rings. The largest absolute Gasteiger partial charge is 0.416 e. The number of amides is 1. The summed E-state index contributed by atoms with van der Waals surface area (Å²) in [6.45, 7) is 0.220. The summed E-state index contributed by atoms with van der Waals surface area (Å²) in [5.74, 6) is -0.291. The van der Waals surface area contributed by atoms with Crippen molar-refractivity contribution in [1.82, 2.24) is 0 Å². The maximum atomic E-state index is 12.6. The van der Waals surface area contributed by atoms with Gasteiger partial charge in [0.2, 0.25) is 5.91 Å². The molecule has 1 aliphatic carbocycles. The predicted molar refractivity (Wildman–Crippen MR) is 65.4 cm³/mol. The van der Waals surface area contributed by atoms with E-state index in [1.807, 2.05) is 0 Å². The monoisotopic (exact) mass is 272 g/mol. The molecule has 0 aliphatic heterocycles. The van der Waals surface area contributed by atoms with Gasteiger partial charge in [0, 0.05) is 12.2 Å². The average molecular weight is 272 g/mol. The van der Waals surface area contributed by atoms with Crippen molar-refractivity contribution in [2.75, 3.05) is 11.9 Å². The van der Waals surface area contributed by atoms with Crippen LogP contribution in [0.25, 0.3) is 0 Å². The van der Waals surface area contributed by atoms with Crippen LogP contribution < -0.4 is 11.1 Å². The van der Waals surface area contributed by atoms with E-state index >= 15 is 0 Å². The normalized spacial score (nSPS) is 17.7. The highest BCUT2D eigenvalue weighted by Crippen LogP contribution is 2.41. The highest BCUT2D eigenvalue weighted by Gasteiger charge is 2.42. The van der Waals surface area contributed by atoms with Crippen LogP contribution in [0.5, 0.6) is 0 Å². The SMILES string of the molecule is NCC1(C(=O)Nc2cccc(C(F)(F)F)c2)CCC1. The third-order valence-electron chi connectivity index (χ3n) is 3.63. The van der Waals surface area contributed by atoms with Crippen LogP contribution in [-0.2, 0) is 11.0 Å². The van der Waals surface area contributed by atoms with E-state index < -0.39 is 17.2 Å². The van der Waals surface area contributed by atoms with Crippen molar-refractivity contribution in [3.8, 4) is 0 Å².